The molecule has 2 rings (SSSR count). The van der Waals surface area contributed by atoms with E-state index < -0.39 is 18.2 Å². The summed E-state index contributed by atoms with van der Waals surface area (Å²) in [5.41, 5.74) is 0.893. The molecule has 2 amide bonds. The largest absolute Gasteiger partial charge is 0.445 e. The minimum absolute atomic E-state index is 0.117. The number of likely N-dealkylation sites (tertiary alicyclic amines) is 1. The molecule has 1 saturated heterocycles. The van der Waals surface area contributed by atoms with Crippen LogP contribution in [-0.4, -0.2) is 49.2 Å². The monoisotopic (exact) mass is 320 g/mol. The van der Waals surface area contributed by atoms with E-state index >= 15 is 0 Å². The van der Waals surface area contributed by atoms with Crippen molar-refractivity contribution in [2.75, 3.05) is 20.2 Å². The van der Waals surface area contributed by atoms with Crippen molar-refractivity contribution in [3.8, 4) is 0 Å². The van der Waals surface area contributed by atoms with Crippen LogP contribution < -0.4 is 5.32 Å². The molecule has 23 heavy (non-hydrogen) atoms. The van der Waals surface area contributed by atoms with Crippen molar-refractivity contribution in [2.24, 2.45) is 0 Å². The van der Waals surface area contributed by atoms with Crippen LogP contribution in [0.25, 0.3) is 0 Å². The second-order valence-corrected chi connectivity index (χ2v) is 5.66. The molecule has 1 fully saturated rings. The molecule has 0 spiro atoms. The van der Waals surface area contributed by atoms with E-state index in [0.29, 0.717) is 0 Å². The van der Waals surface area contributed by atoms with Gasteiger partial charge in [0.1, 0.15) is 12.6 Å². The molecule has 0 saturated carbocycles. The Morgan fingerprint density at radius 3 is 2.48 bits per heavy atom. The Labute approximate surface area is 136 Å². The predicted molar refractivity (Wildman–Crippen MR) is 85.8 cm³/mol. The Hall–Kier alpha value is -2.08. The van der Waals surface area contributed by atoms with Crippen LogP contribution in [0.1, 0.15) is 25.3 Å². The number of benzene rings is 1. The van der Waals surface area contributed by atoms with E-state index in [-0.39, 0.29) is 12.5 Å². The van der Waals surface area contributed by atoms with Crippen molar-refractivity contribution in [3.05, 3.63) is 35.9 Å². The minimum atomic E-state index is -0.735. The summed E-state index contributed by atoms with van der Waals surface area (Å²) in [7, 11) is 1.52. The SMILES string of the molecule is COC(C)C(NC(=O)OCc1ccccc1)C(=O)N1CCCC1. The number of hydrogen-bond donors (Lipinski definition) is 1. The maximum absolute atomic E-state index is 12.5. The van der Waals surface area contributed by atoms with Gasteiger partial charge in [-0.15, -0.1) is 0 Å². The summed E-state index contributed by atoms with van der Waals surface area (Å²) in [5, 5.41) is 2.64. The maximum atomic E-state index is 12.5. The number of hydrogen-bond acceptors (Lipinski definition) is 4. The van der Waals surface area contributed by atoms with Crippen molar-refractivity contribution < 1.29 is 19.1 Å². The number of rotatable bonds is 6. The van der Waals surface area contributed by atoms with E-state index in [1.165, 1.54) is 7.11 Å². The summed E-state index contributed by atoms with van der Waals surface area (Å²) < 4.78 is 10.4. The highest BCUT2D eigenvalue weighted by Crippen LogP contribution is 2.12. The van der Waals surface area contributed by atoms with Gasteiger partial charge in [0.25, 0.3) is 0 Å². The molecule has 2 atom stereocenters. The first kappa shape index (κ1) is 17.3. The smallest absolute Gasteiger partial charge is 0.408 e. The minimum Gasteiger partial charge on any atom is -0.445 e. The van der Waals surface area contributed by atoms with E-state index in [4.69, 9.17) is 9.47 Å². The quantitative estimate of drug-likeness (QED) is 0.870. The van der Waals surface area contributed by atoms with Crippen LogP contribution in [0.4, 0.5) is 4.79 Å². The fourth-order valence-corrected chi connectivity index (χ4v) is 2.54. The van der Waals surface area contributed by atoms with E-state index in [0.717, 1.165) is 31.5 Å². The van der Waals surface area contributed by atoms with Crippen LogP contribution in [-0.2, 0) is 20.9 Å². The zero-order valence-corrected chi connectivity index (χ0v) is 13.7. The fraction of sp³-hybridized carbons (Fsp3) is 0.529. The zero-order valence-electron chi connectivity index (χ0n) is 13.7. The summed E-state index contributed by atoms with van der Waals surface area (Å²) in [6.07, 6.45) is 0.957. The highest BCUT2D eigenvalue weighted by Gasteiger charge is 2.32. The van der Waals surface area contributed by atoms with Crippen molar-refractivity contribution in [3.63, 3.8) is 0 Å². The lowest BCUT2D eigenvalue weighted by Crippen LogP contribution is -2.53. The number of ether oxygens (including phenoxy) is 2. The molecular weight excluding hydrogens is 296 g/mol. The number of methoxy groups -OCH3 is 1. The van der Waals surface area contributed by atoms with Gasteiger partial charge in [-0.2, -0.15) is 0 Å². The number of amides is 2. The van der Waals surface area contributed by atoms with Crippen molar-refractivity contribution in [1.82, 2.24) is 10.2 Å². The van der Waals surface area contributed by atoms with Gasteiger partial charge in [-0.3, -0.25) is 4.79 Å². The third-order valence-electron chi connectivity index (χ3n) is 4.01. The fourth-order valence-electron chi connectivity index (χ4n) is 2.54. The number of carbonyl (C=O) groups excluding carboxylic acids is 2. The molecule has 1 N–H and O–H groups in total. The molecule has 1 aliphatic rings. The van der Waals surface area contributed by atoms with Crippen LogP contribution in [0.15, 0.2) is 30.3 Å². The highest BCUT2D eigenvalue weighted by atomic mass is 16.5. The van der Waals surface area contributed by atoms with Crippen LogP contribution >= 0.6 is 0 Å². The first-order chi connectivity index (χ1) is 11.1. The lowest BCUT2D eigenvalue weighted by Gasteiger charge is -2.27. The van der Waals surface area contributed by atoms with Gasteiger partial charge in [-0.1, -0.05) is 30.3 Å². The Balaban J connectivity index is 1.91. The van der Waals surface area contributed by atoms with E-state index in [9.17, 15) is 9.59 Å². The summed E-state index contributed by atoms with van der Waals surface area (Å²) in [6, 6.07) is 8.66. The molecule has 2 unspecified atom stereocenters. The first-order valence-corrected chi connectivity index (χ1v) is 7.90. The third kappa shape index (κ3) is 4.96. The first-order valence-electron chi connectivity index (χ1n) is 7.90. The van der Waals surface area contributed by atoms with Gasteiger partial charge >= 0.3 is 6.09 Å². The van der Waals surface area contributed by atoms with Gasteiger partial charge in [-0.05, 0) is 25.3 Å². The van der Waals surface area contributed by atoms with Crippen LogP contribution in [0.3, 0.4) is 0 Å². The van der Waals surface area contributed by atoms with Crippen molar-refractivity contribution in [2.45, 2.75) is 38.5 Å². The normalized spacial score (nSPS) is 16.7. The highest BCUT2D eigenvalue weighted by molar-refractivity contribution is 5.86. The van der Waals surface area contributed by atoms with Crippen LogP contribution in [0.2, 0.25) is 0 Å². The van der Waals surface area contributed by atoms with Gasteiger partial charge in [-0.25, -0.2) is 4.79 Å². The summed E-state index contributed by atoms with van der Waals surface area (Å²) in [4.78, 5) is 26.3. The molecule has 1 aromatic rings. The topological polar surface area (TPSA) is 67.9 Å². The van der Waals surface area contributed by atoms with Crippen LogP contribution in [0.5, 0.6) is 0 Å². The Morgan fingerprint density at radius 2 is 1.87 bits per heavy atom. The van der Waals surface area contributed by atoms with Crippen molar-refractivity contribution >= 4 is 12.0 Å². The second-order valence-electron chi connectivity index (χ2n) is 5.66. The average Bonchev–Trinajstić information content (AvgIpc) is 3.12. The summed E-state index contributed by atoms with van der Waals surface area (Å²) in [6.45, 7) is 3.38. The molecule has 0 radical (unpaired) electrons. The van der Waals surface area contributed by atoms with E-state index in [1.54, 1.807) is 11.8 Å². The lowest BCUT2D eigenvalue weighted by molar-refractivity contribution is -0.135. The Bertz CT molecular complexity index is 515. The molecular formula is C17H24N2O4. The molecule has 1 heterocycles. The number of alkyl carbamates (subject to hydrolysis) is 1. The van der Waals surface area contributed by atoms with Gasteiger partial charge in [0, 0.05) is 20.2 Å². The molecule has 0 bridgehead atoms. The average molecular weight is 320 g/mol. The summed E-state index contributed by atoms with van der Waals surface area (Å²) >= 11 is 0. The Kier molecular flexibility index (Phi) is 6.40. The molecule has 0 aliphatic carbocycles. The molecule has 6 nitrogen and oxygen atoms in total. The standard InChI is InChI=1S/C17H24N2O4/c1-13(22-2)15(16(20)19-10-6-7-11-19)18-17(21)23-12-14-8-4-3-5-9-14/h3-5,8-9,13,15H,6-7,10-12H2,1-2H3,(H,18,21). The van der Waals surface area contributed by atoms with E-state index in [1.807, 2.05) is 30.3 Å². The van der Waals surface area contributed by atoms with Gasteiger partial charge in [0.15, 0.2) is 0 Å². The predicted octanol–water partition coefficient (Wildman–Crippen LogP) is 1.94. The van der Waals surface area contributed by atoms with E-state index in [2.05, 4.69) is 5.32 Å². The second kappa shape index (κ2) is 8.53. The van der Waals surface area contributed by atoms with Crippen LogP contribution in [0, 0.1) is 0 Å². The lowest BCUT2D eigenvalue weighted by atomic mass is 10.1. The maximum Gasteiger partial charge on any atom is 0.408 e. The van der Waals surface area contributed by atoms with Gasteiger partial charge in [0.05, 0.1) is 6.10 Å². The molecule has 1 aromatic carbocycles. The third-order valence-corrected chi connectivity index (χ3v) is 4.01. The zero-order chi connectivity index (χ0) is 16.7. The van der Waals surface area contributed by atoms with Gasteiger partial charge in [0.2, 0.25) is 5.91 Å². The molecule has 126 valence electrons. The number of nitrogens with zero attached hydrogens (tertiary/aromatic N) is 1. The Morgan fingerprint density at radius 1 is 1.22 bits per heavy atom. The van der Waals surface area contributed by atoms with Crippen molar-refractivity contribution in [1.29, 1.82) is 0 Å². The van der Waals surface area contributed by atoms with Gasteiger partial charge < -0.3 is 19.7 Å². The summed E-state index contributed by atoms with van der Waals surface area (Å²) in [5.74, 6) is -0.117. The number of nitrogens with one attached hydrogen (secondary N) is 1. The number of carbonyl (C=O) groups is 2. The molecule has 6 heteroatoms. The molecule has 1 aliphatic heterocycles. The molecule has 0 aromatic heterocycles.